The molecule has 0 aromatic heterocycles. The van der Waals surface area contributed by atoms with Crippen LogP contribution in [0.5, 0.6) is 0 Å². The van der Waals surface area contributed by atoms with Crippen molar-refractivity contribution in [3.63, 3.8) is 0 Å². The van der Waals surface area contributed by atoms with E-state index in [2.05, 4.69) is 62.3 Å². The number of hydrogen-bond donors (Lipinski definition) is 0. The van der Waals surface area contributed by atoms with E-state index in [4.69, 9.17) is 28.4 Å². The van der Waals surface area contributed by atoms with Crippen LogP contribution >= 0.6 is 0 Å². The molecule has 12 heteroatoms. The standard InChI is InChI=1S/C87H132O12/c1-13-16-19-73(88)97-70-49-55-46-58-34-40-82(55,7)67-37-43-85(10)61(25-28-64(85)79(67)70)52(4)22-31-77(92)95-59-35-41-83(8)56(47-59)50-71(98-74(89)20-17-14-2)81-66-30-27-63(87(66,12)45-39-69(81)83)54(6)24-33-78(93)96-60-36-42-84(9)57(48-60)51-72(99-75(90)21-18-15-3)80-65-29-26-62(53(5)23-32-76(91)94-58)86(65,11)44-38-68(80)84/h13-18,52-72,79-81H,19-51H2,1-12H3/b16-13+,17-14+,18-15+/t52-,53-,54-,55+,56+,57+,58-,59-,60-,61-,62-,63+,64+,65+,66+,67+,68+,69+,70-,71-,72-,79+,80+,81+,82+,83+,84+,85-,86-,87-/m1/s1. The largest absolute Gasteiger partial charge is 0.462 e. The molecule has 99 heavy (non-hydrogen) atoms. The van der Waals surface area contributed by atoms with E-state index in [1.165, 1.54) is 0 Å². The van der Waals surface area contributed by atoms with Crippen molar-refractivity contribution >= 4 is 35.8 Å². The van der Waals surface area contributed by atoms with E-state index in [1.54, 1.807) is 0 Å². The molecule has 12 aliphatic carbocycles. The van der Waals surface area contributed by atoms with Gasteiger partial charge in [-0.2, -0.15) is 0 Å². The maximum atomic E-state index is 14.3. The summed E-state index contributed by atoms with van der Waals surface area (Å²) in [5.74, 6) is 5.87. The Morgan fingerprint density at radius 1 is 0.343 bits per heavy atom. The van der Waals surface area contributed by atoms with Gasteiger partial charge in [-0.25, -0.2) is 0 Å². The van der Waals surface area contributed by atoms with Gasteiger partial charge >= 0.3 is 35.8 Å². The van der Waals surface area contributed by atoms with E-state index in [0.717, 1.165) is 173 Å². The highest BCUT2D eigenvalue weighted by Gasteiger charge is 2.68. The van der Waals surface area contributed by atoms with Crippen LogP contribution in [0.3, 0.4) is 0 Å². The van der Waals surface area contributed by atoms with Gasteiger partial charge in [0.05, 0.1) is 19.3 Å². The molecule has 21 fully saturated rings. The average Bonchev–Trinajstić information content (AvgIpc) is 1.70. The zero-order chi connectivity index (χ0) is 70.1. The summed E-state index contributed by atoms with van der Waals surface area (Å²) in [6.45, 7) is 28.3. The fraction of sp³-hybridized carbons (Fsp3) is 0.862. The third-order valence-electron chi connectivity index (χ3n) is 33.8. The van der Waals surface area contributed by atoms with E-state index < -0.39 is 0 Å². The summed E-state index contributed by atoms with van der Waals surface area (Å²) in [6, 6.07) is 0. The Hall–Kier alpha value is -3.96. The van der Waals surface area contributed by atoms with Crippen molar-refractivity contribution in [2.24, 2.45) is 139 Å². The van der Waals surface area contributed by atoms with E-state index in [-0.39, 0.29) is 160 Å². The summed E-state index contributed by atoms with van der Waals surface area (Å²) in [7, 11) is 0. The monoisotopic (exact) mass is 1370 g/mol. The maximum Gasteiger partial charge on any atom is 0.309 e. The zero-order valence-corrected chi connectivity index (χ0v) is 63.6. The first-order valence-electron chi connectivity index (χ1n) is 41.3. The van der Waals surface area contributed by atoms with Gasteiger partial charge in [-0.1, -0.05) is 98.8 Å². The van der Waals surface area contributed by atoms with Crippen molar-refractivity contribution in [3.8, 4) is 0 Å². The van der Waals surface area contributed by atoms with Gasteiger partial charge in [-0.05, 0) is 315 Å². The van der Waals surface area contributed by atoms with Crippen molar-refractivity contribution < 1.29 is 57.2 Å². The van der Waals surface area contributed by atoms with Crippen LogP contribution in [0.2, 0.25) is 0 Å². The summed E-state index contributed by atoms with van der Waals surface area (Å²) in [4.78, 5) is 84.5. The van der Waals surface area contributed by atoms with Crippen molar-refractivity contribution in [2.45, 2.75) is 332 Å². The highest BCUT2D eigenvalue weighted by Crippen LogP contribution is 2.73. The number of fused-ring (bicyclic) bond motifs is 1. The predicted molar refractivity (Wildman–Crippen MR) is 385 cm³/mol. The van der Waals surface area contributed by atoms with Gasteiger partial charge in [0, 0.05) is 37.0 Å². The SMILES string of the molecule is C/C=C/CC(=O)O[C@@H]1C[C@@H]2C[C@H]3CC[C@]2(C)[C@H]2CC[C@]4(C)[C@H](CC[C@H]4[C@H]12)[C@H](C)CCC(=O)O[C@@H]1CC[C@@]2(C)[C@@H](C1)C[C@@H](OC(=O)C/C=C/C)[C@H]1[C@@H]4CC[C@@H]([C@H](C)CCC(=O)O[C@@H]5CC[C@@]6(C)[C@@H](C5)C[C@@H](OC(=O)C/C=C/C)[C@@H]5[C@@H]6CC[C@]6(C)[C@H](CC[C@@H]56)[C@H](C)CCC(=O)O3)[C@@]4(C)CC[C@@H]12. The Morgan fingerprint density at radius 3 is 0.848 bits per heavy atom. The van der Waals surface area contributed by atoms with Crippen LogP contribution in [0.15, 0.2) is 36.5 Å². The van der Waals surface area contributed by atoms with E-state index in [1.807, 2.05) is 57.2 Å². The minimum Gasteiger partial charge on any atom is -0.462 e. The van der Waals surface area contributed by atoms with Gasteiger partial charge in [-0.15, -0.1) is 0 Å². The molecule has 0 aromatic carbocycles. The highest BCUT2D eigenvalue weighted by atomic mass is 16.6. The molecule has 0 spiro atoms. The number of allylic oxidation sites excluding steroid dienone is 3. The lowest BCUT2D eigenvalue weighted by Crippen LogP contribution is -2.59. The molecule has 21 aliphatic rings. The Morgan fingerprint density at radius 2 is 0.586 bits per heavy atom. The molecule has 21 bridgehead atoms. The number of hydrogen-bond acceptors (Lipinski definition) is 12. The molecule has 12 saturated carbocycles. The summed E-state index contributed by atoms with van der Waals surface area (Å²) in [6.07, 6.45) is 38.9. The van der Waals surface area contributed by atoms with Crippen LogP contribution in [0.1, 0.15) is 295 Å². The molecule has 12 nitrogen and oxygen atoms in total. The van der Waals surface area contributed by atoms with Gasteiger partial charge in [0.15, 0.2) is 0 Å². The van der Waals surface area contributed by atoms with Crippen LogP contribution < -0.4 is 0 Å². The highest BCUT2D eigenvalue weighted by molar-refractivity contribution is 5.73. The third-order valence-corrected chi connectivity index (χ3v) is 33.8. The third kappa shape index (κ3) is 13.6. The molecule has 552 valence electrons. The number of carbonyl (C=O) groups is 6. The van der Waals surface area contributed by atoms with Gasteiger partial charge < -0.3 is 28.4 Å². The number of rotatable bonds is 9. The van der Waals surface area contributed by atoms with Crippen molar-refractivity contribution in [2.75, 3.05) is 0 Å². The van der Waals surface area contributed by atoms with Gasteiger partial charge in [0.25, 0.3) is 0 Å². The molecule has 0 aromatic rings. The smallest absolute Gasteiger partial charge is 0.309 e. The van der Waals surface area contributed by atoms with Crippen molar-refractivity contribution in [1.29, 1.82) is 0 Å². The maximum absolute atomic E-state index is 14.3. The second-order valence-electron chi connectivity index (χ2n) is 38.0. The van der Waals surface area contributed by atoms with Crippen molar-refractivity contribution in [1.82, 2.24) is 0 Å². The molecular weight excluding hydrogens is 1240 g/mol. The van der Waals surface area contributed by atoms with E-state index in [0.29, 0.717) is 90.3 Å². The normalized spacial score (nSPS) is 49.3. The summed E-state index contributed by atoms with van der Waals surface area (Å²) in [5.41, 5.74) is 0.372. The number of esters is 6. The summed E-state index contributed by atoms with van der Waals surface area (Å²) < 4.78 is 40.1. The molecule has 9 heterocycles. The Bertz CT molecular complexity index is 2720. The lowest BCUT2D eigenvalue weighted by molar-refractivity contribution is -0.198. The molecule has 9 saturated heterocycles. The summed E-state index contributed by atoms with van der Waals surface area (Å²) in [5, 5.41) is 0. The molecule has 0 N–H and O–H groups in total. The second kappa shape index (κ2) is 29.2. The molecule has 9 aliphatic heterocycles. The minimum absolute atomic E-state index is 0.0565. The Balaban J connectivity index is 0.757. The first-order chi connectivity index (χ1) is 47.3. The van der Waals surface area contributed by atoms with Crippen LogP contribution in [-0.2, 0) is 57.2 Å². The van der Waals surface area contributed by atoms with Gasteiger partial charge in [0.1, 0.15) is 36.6 Å². The minimum atomic E-state index is -0.184. The van der Waals surface area contributed by atoms with Crippen LogP contribution in [0.25, 0.3) is 0 Å². The van der Waals surface area contributed by atoms with Crippen LogP contribution in [0, 0.1) is 139 Å². The zero-order valence-electron chi connectivity index (χ0n) is 63.6. The van der Waals surface area contributed by atoms with Crippen LogP contribution in [0.4, 0.5) is 0 Å². The Labute approximate surface area is 597 Å². The second-order valence-corrected chi connectivity index (χ2v) is 38.0. The average molecular weight is 1370 g/mol. The van der Waals surface area contributed by atoms with Gasteiger partial charge in [-0.3, -0.25) is 28.8 Å². The quantitative estimate of drug-likeness (QED) is 0.122. The fourth-order valence-electron chi connectivity index (χ4n) is 28.8. The molecule has 0 amide bonds. The number of ether oxygens (including phenoxy) is 6. The lowest BCUT2D eigenvalue weighted by atomic mass is 9.43. The molecule has 30 atom stereocenters. The lowest BCUT2D eigenvalue weighted by Gasteiger charge is -2.63. The van der Waals surface area contributed by atoms with E-state index in [9.17, 15) is 28.8 Å². The fourth-order valence-corrected chi connectivity index (χ4v) is 28.8. The molecule has 0 unspecified atom stereocenters. The summed E-state index contributed by atoms with van der Waals surface area (Å²) >= 11 is 0. The van der Waals surface area contributed by atoms with Gasteiger partial charge in [0.2, 0.25) is 0 Å². The van der Waals surface area contributed by atoms with Crippen LogP contribution in [-0.4, -0.2) is 72.4 Å². The number of carbonyl (C=O) groups excluding carboxylic acids is 6. The van der Waals surface area contributed by atoms with E-state index >= 15 is 0 Å². The molecule has 21 rings (SSSR count). The topological polar surface area (TPSA) is 158 Å². The first-order valence-corrected chi connectivity index (χ1v) is 41.3. The molecule has 0 radical (unpaired) electrons. The molecular formula is C87H132O12. The predicted octanol–water partition coefficient (Wildman–Crippen LogP) is 19.4. The Kier molecular flexibility index (Phi) is 21.6. The van der Waals surface area contributed by atoms with Crippen molar-refractivity contribution in [3.05, 3.63) is 36.5 Å². The first kappa shape index (κ1) is 73.4.